The molecule has 0 aliphatic carbocycles. The number of amides is 1. The van der Waals surface area contributed by atoms with E-state index in [1.165, 1.54) is 28.6 Å². The van der Waals surface area contributed by atoms with Crippen LogP contribution in [0.15, 0.2) is 47.9 Å². The van der Waals surface area contributed by atoms with E-state index in [1.807, 2.05) is 6.26 Å². The van der Waals surface area contributed by atoms with Gasteiger partial charge in [-0.1, -0.05) is 11.8 Å². The zero-order valence-electron chi connectivity index (χ0n) is 12.9. The number of carbonyl (C=O) groups excluding carboxylic acids is 1. The zero-order chi connectivity index (χ0) is 16.9. The SMILES string of the molecule is CSc1nnc(CNC(=O)Cn2cccn2)n1-c1ccc(F)cc1. The molecule has 0 aliphatic heterocycles. The third-order valence-corrected chi connectivity index (χ3v) is 3.91. The van der Waals surface area contributed by atoms with Crippen LogP contribution in [0.25, 0.3) is 5.69 Å². The average Bonchev–Trinajstić information content (AvgIpc) is 3.23. The average molecular weight is 346 g/mol. The number of halogens is 1. The summed E-state index contributed by atoms with van der Waals surface area (Å²) < 4.78 is 16.5. The van der Waals surface area contributed by atoms with Gasteiger partial charge in [-0.15, -0.1) is 10.2 Å². The van der Waals surface area contributed by atoms with Crippen LogP contribution in [0.3, 0.4) is 0 Å². The fourth-order valence-corrected chi connectivity index (χ4v) is 2.69. The smallest absolute Gasteiger partial charge is 0.242 e. The molecule has 0 saturated heterocycles. The molecule has 0 saturated carbocycles. The fourth-order valence-electron chi connectivity index (χ4n) is 2.17. The third-order valence-electron chi connectivity index (χ3n) is 3.28. The summed E-state index contributed by atoms with van der Waals surface area (Å²) in [6, 6.07) is 7.79. The van der Waals surface area contributed by atoms with Crippen molar-refractivity contribution in [1.82, 2.24) is 29.9 Å². The van der Waals surface area contributed by atoms with E-state index in [0.717, 1.165) is 5.69 Å². The summed E-state index contributed by atoms with van der Waals surface area (Å²) in [7, 11) is 0. The van der Waals surface area contributed by atoms with Gasteiger partial charge >= 0.3 is 0 Å². The largest absolute Gasteiger partial charge is 0.347 e. The standard InChI is InChI=1S/C15H15FN6OS/c1-24-15-20-19-13(22(15)12-5-3-11(16)4-6-12)9-17-14(23)10-21-8-2-7-18-21/h2-8H,9-10H2,1H3,(H,17,23). The maximum absolute atomic E-state index is 13.1. The Bertz CT molecular complexity index is 815. The van der Waals surface area contributed by atoms with E-state index >= 15 is 0 Å². The number of hydrogen-bond acceptors (Lipinski definition) is 5. The molecule has 0 radical (unpaired) electrons. The van der Waals surface area contributed by atoms with Crippen molar-refractivity contribution in [1.29, 1.82) is 0 Å². The van der Waals surface area contributed by atoms with E-state index in [9.17, 15) is 9.18 Å². The quantitative estimate of drug-likeness (QED) is 0.687. The normalized spacial score (nSPS) is 10.8. The molecule has 2 heterocycles. The van der Waals surface area contributed by atoms with E-state index in [2.05, 4.69) is 20.6 Å². The lowest BCUT2D eigenvalue weighted by atomic mass is 10.3. The second-order valence-corrected chi connectivity index (χ2v) is 5.67. The van der Waals surface area contributed by atoms with E-state index in [-0.39, 0.29) is 24.8 Å². The summed E-state index contributed by atoms with van der Waals surface area (Å²) in [6.45, 7) is 0.345. The fraction of sp³-hybridized carbons (Fsp3) is 0.200. The molecule has 1 amide bonds. The predicted octanol–water partition coefficient (Wildman–Crippen LogP) is 1.64. The molecule has 0 unspecified atom stereocenters. The number of aromatic nitrogens is 5. The third kappa shape index (κ3) is 3.62. The summed E-state index contributed by atoms with van der Waals surface area (Å²) in [5.41, 5.74) is 0.738. The van der Waals surface area contributed by atoms with E-state index in [0.29, 0.717) is 11.0 Å². The lowest BCUT2D eigenvalue weighted by molar-refractivity contribution is -0.122. The van der Waals surface area contributed by atoms with Crippen LogP contribution in [0.4, 0.5) is 4.39 Å². The molecule has 124 valence electrons. The van der Waals surface area contributed by atoms with Gasteiger partial charge in [-0.25, -0.2) is 4.39 Å². The number of benzene rings is 1. The van der Waals surface area contributed by atoms with Gasteiger partial charge in [0.1, 0.15) is 12.4 Å². The molecule has 0 fully saturated rings. The summed E-state index contributed by atoms with van der Waals surface area (Å²) in [4.78, 5) is 12.0. The van der Waals surface area contributed by atoms with Crippen LogP contribution in [0, 0.1) is 5.82 Å². The van der Waals surface area contributed by atoms with Crippen LogP contribution in [-0.2, 0) is 17.9 Å². The maximum Gasteiger partial charge on any atom is 0.242 e. The van der Waals surface area contributed by atoms with Crippen LogP contribution < -0.4 is 5.32 Å². The first kappa shape index (κ1) is 16.2. The molecule has 0 spiro atoms. The van der Waals surface area contributed by atoms with Crippen LogP contribution in [0.5, 0.6) is 0 Å². The van der Waals surface area contributed by atoms with Gasteiger partial charge in [0.15, 0.2) is 11.0 Å². The Morgan fingerprint density at radius 3 is 2.75 bits per heavy atom. The summed E-state index contributed by atoms with van der Waals surface area (Å²) in [5, 5.41) is 15.7. The van der Waals surface area contributed by atoms with Crippen molar-refractivity contribution < 1.29 is 9.18 Å². The summed E-state index contributed by atoms with van der Waals surface area (Å²) in [6.07, 6.45) is 5.21. The predicted molar refractivity (Wildman–Crippen MR) is 87.2 cm³/mol. The number of carbonyl (C=O) groups is 1. The minimum absolute atomic E-state index is 0.132. The van der Waals surface area contributed by atoms with Gasteiger partial charge in [-0.3, -0.25) is 14.0 Å². The number of nitrogens with zero attached hydrogens (tertiary/aromatic N) is 5. The molecular weight excluding hydrogens is 331 g/mol. The van der Waals surface area contributed by atoms with Gasteiger partial charge in [0, 0.05) is 18.1 Å². The topological polar surface area (TPSA) is 77.6 Å². The number of thioether (sulfide) groups is 1. The van der Waals surface area contributed by atoms with Crippen LogP contribution >= 0.6 is 11.8 Å². The molecule has 0 bridgehead atoms. The Balaban J connectivity index is 1.75. The molecule has 0 atom stereocenters. The second kappa shape index (κ2) is 7.26. The van der Waals surface area contributed by atoms with Crippen molar-refractivity contribution >= 4 is 17.7 Å². The lowest BCUT2D eigenvalue weighted by Crippen LogP contribution is -2.28. The summed E-state index contributed by atoms with van der Waals surface area (Å²) in [5.74, 6) is 0.0735. The maximum atomic E-state index is 13.1. The Hall–Kier alpha value is -2.68. The Morgan fingerprint density at radius 1 is 1.29 bits per heavy atom. The van der Waals surface area contributed by atoms with E-state index in [1.54, 1.807) is 35.2 Å². The first-order valence-corrected chi connectivity index (χ1v) is 8.38. The van der Waals surface area contributed by atoms with Gasteiger partial charge in [0.05, 0.1) is 6.54 Å². The van der Waals surface area contributed by atoms with Crippen molar-refractivity contribution in [2.45, 2.75) is 18.2 Å². The molecule has 24 heavy (non-hydrogen) atoms. The van der Waals surface area contributed by atoms with E-state index in [4.69, 9.17) is 0 Å². The first-order valence-electron chi connectivity index (χ1n) is 7.15. The molecule has 3 aromatic rings. The van der Waals surface area contributed by atoms with Crippen molar-refractivity contribution in [2.24, 2.45) is 0 Å². The lowest BCUT2D eigenvalue weighted by Gasteiger charge is -2.10. The Labute approximate surface area is 141 Å². The molecular formula is C15H15FN6OS. The molecule has 2 aromatic heterocycles. The Kier molecular flexibility index (Phi) is 4.90. The molecule has 7 nitrogen and oxygen atoms in total. The highest BCUT2D eigenvalue weighted by Crippen LogP contribution is 2.20. The van der Waals surface area contributed by atoms with Crippen molar-refractivity contribution in [3.05, 3.63) is 54.4 Å². The van der Waals surface area contributed by atoms with Gasteiger partial charge < -0.3 is 5.32 Å². The van der Waals surface area contributed by atoms with Crippen molar-refractivity contribution in [2.75, 3.05) is 6.26 Å². The van der Waals surface area contributed by atoms with Gasteiger partial charge in [0.25, 0.3) is 0 Å². The highest BCUT2D eigenvalue weighted by Gasteiger charge is 2.14. The zero-order valence-corrected chi connectivity index (χ0v) is 13.7. The highest BCUT2D eigenvalue weighted by atomic mass is 32.2. The minimum Gasteiger partial charge on any atom is -0.347 e. The Morgan fingerprint density at radius 2 is 2.08 bits per heavy atom. The van der Waals surface area contributed by atoms with Crippen molar-refractivity contribution in [3.8, 4) is 5.69 Å². The number of hydrogen-bond donors (Lipinski definition) is 1. The number of nitrogens with one attached hydrogen (secondary N) is 1. The van der Waals surface area contributed by atoms with E-state index < -0.39 is 0 Å². The summed E-state index contributed by atoms with van der Waals surface area (Å²) >= 11 is 1.42. The van der Waals surface area contributed by atoms with Crippen LogP contribution in [0.2, 0.25) is 0 Å². The number of rotatable bonds is 6. The van der Waals surface area contributed by atoms with Gasteiger partial charge in [0.2, 0.25) is 5.91 Å². The van der Waals surface area contributed by atoms with Crippen LogP contribution in [-0.4, -0.2) is 36.7 Å². The second-order valence-electron chi connectivity index (χ2n) is 4.90. The molecule has 0 aliphatic rings. The molecule has 9 heteroatoms. The monoisotopic (exact) mass is 346 g/mol. The first-order chi connectivity index (χ1) is 11.7. The van der Waals surface area contributed by atoms with Crippen LogP contribution in [0.1, 0.15) is 5.82 Å². The van der Waals surface area contributed by atoms with Gasteiger partial charge in [-0.2, -0.15) is 5.10 Å². The van der Waals surface area contributed by atoms with Crippen molar-refractivity contribution in [3.63, 3.8) is 0 Å². The molecule has 1 aromatic carbocycles. The molecule has 1 N–H and O–H groups in total. The molecule has 3 rings (SSSR count). The highest BCUT2D eigenvalue weighted by molar-refractivity contribution is 7.98. The minimum atomic E-state index is -0.313. The van der Waals surface area contributed by atoms with Gasteiger partial charge in [-0.05, 0) is 36.6 Å².